The third kappa shape index (κ3) is 7.54. The van der Waals surface area contributed by atoms with Gasteiger partial charge in [0.05, 0.1) is 39.8 Å². The predicted octanol–water partition coefficient (Wildman–Crippen LogP) is 5.59. The molecule has 0 atom stereocenters. The normalized spacial score (nSPS) is 14.1. The highest BCUT2D eigenvalue weighted by Gasteiger charge is 2.28. The van der Waals surface area contributed by atoms with Crippen LogP contribution in [0.4, 0.5) is 10.5 Å². The van der Waals surface area contributed by atoms with E-state index in [1.54, 1.807) is 14.2 Å². The van der Waals surface area contributed by atoms with E-state index in [1.807, 2.05) is 66.1 Å². The number of hydrogen-bond donors (Lipinski definition) is 0. The van der Waals surface area contributed by atoms with Gasteiger partial charge in [0, 0.05) is 44.5 Å². The van der Waals surface area contributed by atoms with Crippen LogP contribution in [0.15, 0.2) is 41.4 Å². The molecule has 8 nitrogen and oxygen atoms in total. The molecule has 3 rings (SSSR count). The molecule has 1 aliphatic rings. The van der Waals surface area contributed by atoms with Crippen LogP contribution in [0.5, 0.6) is 17.2 Å². The number of anilines is 1. The number of carbonyl (C=O) groups excluding carboxylic acids is 1. The van der Waals surface area contributed by atoms with Gasteiger partial charge in [-0.15, -0.1) is 0 Å². The van der Waals surface area contributed by atoms with E-state index >= 15 is 0 Å². The van der Waals surface area contributed by atoms with E-state index in [0.29, 0.717) is 44.3 Å². The van der Waals surface area contributed by atoms with Crippen molar-refractivity contribution in [3.05, 3.63) is 47.5 Å². The van der Waals surface area contributed by atoms with Crippen molar-refractivity contribution < 1.29 is 19.0 Å². The first-order valence-corrected chi connectivity index (χ1v) is 13.1. The van der Waals surface area contributed by atoms with E-state index < -0.39 is 0 Å². The third-order valence-corrected chi connectivity index (χ3v) is 6.63. The molecule has 202 valence electrons. The minimum Gasteiger partial charge on any atom is -0.496 e. The fraction of sp³-hybridized carbons (Fsp3) is 0.517. The van der Waals surface area contributed by atoms with Crippen LogP contribution in [0.2, 0.25) is 0 Å². The summed E-state index contributed by atoms with van der Waals surface area (Å²) < 4.78 is 17.2. The number of nitrogens with zero attached hydrogens (tertiary/aromatic N) is 4. The lowest BCUT2D eigenvalue weighted by Gasteiger charge is -2.36. The number of rotatable bonds is 12. The van der Waals surface area contributed by atoms with Crippen molar-refractivity contribution in [1.29, 1.82) is 0 Å². The average Bonchev–Trinajstić information content (AvgIpc) is 2.91. The number of unbranched alkanes of at least 4 members (excludes halogenated alkanes) is 2. The third-order valence-electron chi connectivity index (χ3n) is 6.63. The largest absolute Gasteiger partial charge is 0.496 e. The first-order chi connectivity index (χ1) is 17.9. The second-order valence-electron chi connectivity index (χ2n) is 9.50. The zero-order valence-electron chi connectivity index (χ0n) is 23.2. The molecule has 1 saturated heterocycles. The summed E-state index contributed by atoms with van der Waals surface area (Å²) >= 11 is 0. The Bertz CT molecular complexity index is 1070. The lowest BCUT2D eigenvalue weighted by molar-refractivity contribution is 0.191. The molecular weight excluding hydrogens is 468 g/mol. The molecule has 0 radical (unpaired) electrons. The number of ether oxygens (including phenoxy) is 3. The van der Waals surface area contributed by atoms with Gasteiger partial charge in [-0.1, -0.05) is 31.9 Å². The van der Waals surface area contributed by atoms with Gasteiger partial charge in [-0.05, 0) is 43.5 Å². The van der Waals surface area contributed by atoms with E-state index in [9.17, 15) is 4.79 Å². The van der Waals surface area contributed by atoms with E-state index in [2.05, 4.69) is 18.0 Å². The van der Waals surface area contributed by atoms with Crippen molar-refractivity contribution in [2.75, 3.05) is 52.9 Å². The number of benzene rings is 2. The maximum atomic E-state index is 13.5. The summed E-state index contributed by atoms with van der Waals surface area (Å²) in [5, 5.41) is 0. The summed E-state index contributed by atoms with van der Waals surface area (Å²) in [6.45, 7) is 7.21. The van der Waals surface area contributed by atoms with Gasteiger partial charge in [0.1, 0.15) is 5.75 Å². The number of carbonyl (C=O) groups is 1. The Balaban J connectivity index is 1.73. The molecule has 0 spiro atoms. The summed E-state index contributed by atoms with van der Waals surface area (Å²) in [7, 11) is 7.26. The van der Waals surface area contributed by atoms with E-state index in [0.717, 1.165) is 54.1 Å². The van der Waals surface area contributed by atoms with Crippen LogP contribution >= 0.6 is 0 Å². The van der Waals surface area contributed by atoms with Crippen molar-refractivity contribution in [3.63, 3.8) is 0 Å². The SMILES string of the molecule is CCCCCOc1cc(N2CCCN(Cc3ccc(CN=C(C)N(C)C)cc3OC)C2=O)ccc1OC. The molecule has 2 aromatic carbocycles. The highest BCUT2D eigenvalue weighted by atomic mass is 16.5. The zero-order valence-corrected chi connectivity index (χ0v) is 23.2. The van der Waals surface area contributed by atoms with Crippen LogP contribution in [-0.2, 0) is 13.1 Å². The minimum atomic E-state index is -0.0225. The molecule has 0 unspecified atom stereocenters. The Morgan fingerprint density at radius 3 is 2.49 bits per heavy atom. The molecule has 8 heteroatoms. The van der Waals surface area contributed by atoms with Crippen LogP contribution in [0.1, 0.15) is 50.7 Å². The molecule has 0 aliphatic carbocycles. The van der Waals surface area contributed by atoms with Crippen molar-refractivity contribution in [1.82, 2.24) is 9.80 Å². The number of hydrogen-bond acceptors (Lipinski definition) is 5. The fourth-order valence-electron chi connectivity index (χ4n) is 4.22. The van der Waals surface area contributed by atoms with Crippen LogP contribution < -0.4 is 19.1 Å². The van der Waals surface area contributed by atoms with Gasteiger partial charge in [0.2, 0.25) is 0 Å². The van der Waals surface area contributed by atoms with Gasteiger partial charge in [0.25, 0.3) is 0 Å². The van der Waals surface area contributed by atoms with Gasteiger partial charge in [-0.25, -0.2) is 4.79 Å². The molecular formula is C29H42N4O4. The van der Waals surface area contributed by atoms with Gasteiger partial charge in [-0.3, -0.25) is 9.89 Å². The van der Waals surface area contributed by atoms with Gasteiger partial charge in [-0.2, -0.15) is 0 Å². The fourth-order valence-corrected chi connectivity index (χ4v) is 4.22. The summed E-state index contributed by atoms with van der Waals surface area (Å²) in [6.07, 6.45) is 4.12. The molecule has 1 fully saturated rings. The topological polar surface area (TPSA) is 66.8 Å². The Morgan fingerprint density at radius 2 is 1.78 bits per heavy atom. The van der Waals surface area contributed by atoms with Crippen LogP contribution in [-0.4, -0.2) is 69.7 Å². The molecule has 0 saturated carbocycles. The quantitative estimate of drug-likeness (QED) is 0.212. The summed E-state index contributed by atoms with van der Waals surface area (Å²) in [4.78, 5) is 23.8. The Kier molecular flexibility index (Phi) is 10.5. The standard InChI is InChI=1S/C29H42N4O4/c1-7-8-9-17-37-28-19-25(13-14-26(28)35-5)33-16-10-15-32(29(33)34)21-24-12-11-23(18-27(24)36-6)20-30-22(2)31(3)4/h11-14,18-19H,7-10,15-17,20-21H2,1-6H3. The van der Waals surface area contributed by atoms with Crippen molar-refractivity contribution in [2.45, 2.75) is 52.6 Å². The van der Waals surface area contributed by atoms with Crippen LogP contribution in [0, 0.1) is 0 Å². The lowest BCUT2D eigenvalue weighted by atomic mass is 10.1. The number of amidine groups is 1. The average molecular weight is 511 g/mol. The Labute approximate surface area is 221 Å². The predicted molar refractivity (Wildman–Crippen MR) is 149 cm³/mol. The molecule has 2 aromatic rings. The lowest BCUT2D eigenvalue weighted by Crippen LogP contribution is -2.49. The molecule has 37 heavy (non-hydrogen) atoms. The summed E-state index contributed by atoms with van der Waals surface area (Å²) in [5.41, 5.74) is 2.86. The summed E-state index contributed by atoms with van der Waals surface area (Å²) in [5.74, 6) is 3.09. The number of aliphatic imine (C=N–C) groups is 1. The van der Waals surface area contributed by atoms with Crippen molar-refractivity contribution >= 4 is 17.6 Å². The Hall–Kier alpha value is -3.42. The first kappa shape index (κ1) is 28.2. The molecule has 0 N–H and O–H groups in total. The van der Waals surface area contributed by atoms with Crippen molar-refractivity contribution in [2.24, 2.45) is 4.99 Å². The number of methoxy groups -OCH3 is 2. The van der Waals surface area contributed by atoms with Crippen LogP contribution in [0.25, 0.3) is 0 Å². The maximum Gasteiger partial charge on any atom is 0.324 e. The van der Waals surface area contributed by atoms with Gasteiger partial charge in [0.15, 0.2) is 11.5 Å². The second kappa shape index (κ2) is 13.8. The molecule has 1 heterocycles. The molecule has 0 bridgehead atoms. The van der Waals surface area contributed by atoms with Gasteiger partial charge >= 0.3 is 6.03 Å². The minimum absolute atomic E-state index is 0.0225. The molecule has 1 aliphatic heterocycles. The Morgan fingerprint density at radius 1 is 1.00 bits per heavy atom. The van der Waals surface area contributed by atoms with E-state index in [-0.39, 0.29) is 6.03 Å². The monoisotopic (exact) mass is 510 g/mol. The van der Waals surface area contributed by atoms with Crippen LogP contribution in [0.3, 0.4) is 0 Å². The summed E-state index contributed by atoms with van der Waals surface area (Å²) in [6, 6.07) is 11.8. The number of urea groups is 1. The maximum absolute atomic E-state index is 13.5. The highest BCUT2D eigenvalue weighted by Crippen LogP contribution is 2.34. The number of amides is 2. The van der Waals surface area contributed by atoms with Gasteiger partial charge < -0.3 is 24.0 Å². The van der Waals surface area contributed by atoms with E-state index in [4.69, 9.17) is 14.2 Å². The smallest absolute Gasteiger partial charge is 0.324 e. The van der Waals surface area contributed by atoms with E-state index in [1.165, 1.54) is 0 Å². The molecule has 0 aromatic heterocycles. The zero-order chi connectivity index (χ0) is 26.8. The van der Waals surface area contributed by atoms with Crippen molar-refractivity contribution in [3.8, 4) is 17.2 Å². The first-order valence-electron chi connectivity index (χ1n) is 13.1. The highest BCUT2D eigenvalue weighted by molar-refractivity contribution is 5.93. The molecule has 2 amide bonds. The second-order valence-corrected chi connectivity index (χ2v) is 9.50.